The van der Waals surface area contributed by atoms with E-state index in [1.165, 1.54) is 42.4 Å². The zero-order valence-corrected chi connectivity index (χ0v) is 21.0. The molecule has 2 heterocycles. The topological polar surface area (TPSA) is 71.5 Å². The minimum atomic E-state index is -0.187. The molecule has 1 amide bonds. The zero-order chi connectivity index (χ0) is 24.4. The van der Waals surface area contributed by atoms with Gasteiger partial charge in [-0.2, -0.15) is 0 Å². The van der Waals surface area contributed by atoms with E-state index in [1.54, 1.807) is 5.38 Å². The van der Waals surface area contributed by atoms with Gasteiger partial charge in [-0.05, 0) is 60.1 Å². The smallest absolute Gasteiger partial charge is 0.223 e. The first kappa shape index (κ1) is 23.5. The van der Waals surface area contributed by atoms with Crippen molar-refractivity contribution in [2.75, 3.05) is 29.9 Å². The molecular weight excluding hydrogens is 458 g/mol. The van der Waals surface area contributed by atoms with Gasteiger partial charge in [0.2, 0.25) is 5.91 Å². The third-order valence-electron chi connectivity index (χ3n) is 6.81. The van der Waals surface area contributed by atoms with Crippen LogP contribution in [0.2, 0.25) is 0 Å². The van der Waals surface area contributed by atoms with Crippen molar-refractivity contribution in [1.29, 1.82) is 0 Å². The van der Waals surface area contributed by atoms with E-state index in [2.05, 4.69) is 70.7 Å². The SMILES string of the molecule is CC(=O)Nc1nc(C(=O)C[C@@H](C)c2ccc(C3CN(c4ccc(OCC5CC5)cc4)C3)cc2)cs1. The lowest BCUT2D eigenvalue weighted by molar-refractivity contribution is -0.114. The van der Waals surface area contributed by atoms with E-state index >= 15 is 0 Å². The van der Waals surface area contributed by atoms with E-state index in [9.17, 15) is 9.59 Å². The van der Waals surface area contributed by atoms with Crippen molar-refractivity contribution < 1.29 is 14.3 Å². The molecule has 0 bridgehead atoms. The third-order valence-corrected chi connectivity index (χ3v) is 7.57. The molecule has 3 aromatic rings. The summed E-state index contributed by atoms with van der Waals surface area (Å²) in [6, 6.07) is 17.2. The molecule has 182 valence electrons. The van der Waals surface area contributed by atoms with Gasteiger partial charge in [0.15, 0.2) is 10.9 Å². The highest BCUT2D eigenvalue weighted by Gasteiger charge is 2.28. The van der Waals surface area contributed by atoms with E-state index in [-0.39, 0.29) is 17.6 Å². The number of hydrogen-bond acceptors (Lipinski definition) is 6. The Morgan fingerprint density at radius 3 is 2.49 bits per heavy atom. The number of anilines is 2. The van der Waals surface area contributed by atoms with Crippen LogP contribution in [-0.2, 0) is 4.79 Å². The molecule has 1 saturated heterocycles. The Balaban J connectivity index is 1.10. The standard InChI is InChI=1S/C28H31N3O3S/c1-18(13-27(33)26-17-35-28(30-26)29-19(2)32)21-5-7-22(8-6-21)23-14-31(15-23)24-9-11-25(12-10-24)34-16-20-3-4-20/h5-12,17-18,20,23H,3-4,13-16H2,1-2H3,(H,29,30,32)/t18-/m1/s1. The van der Waals surface area contributed by atoms with E-state index in [4.69, 9.17) is 4.74 Å². The summed E-state index contributed by atoms with van der Waals surface area (Å²) in [7, 11) is 0. The van der Waals surface area contributed by atoms with Gasteiger partial charge in [0.1, 0.15) is 11.4 Å². The van der Waals surface area contributed by atoms with Crippen molar-refractivity contribution in [3.8, 4) is 5.75 Å². The summed E-state index contributed by atoms with van der Waals surface area (Å²) in [5.41, 5.74) is 4.15. The van der Waals surface area contributed by atoms with Crippen molar-refractivity contribution in [3.05, 3.63) is 70.7 Å². The highest BCUT2D eigenvalue weighted by atomic mass is 32.1. The average Bonchev–Trinajstić information content (AvgIpc) is 3.54. The molecule has 1 aliphatic carbocycles. The summed E-state index contributed by atoms with van der Waals surface area (Å²) in [5.74, 6) is 2.16. The predicted molar refractivity (Wildman–Crippen MR) is 140 cm³/mol. The number of carbonyl (C=O) groups is 2. The fourth-order valence-electron chi connectivity index (χ4n) is 4.36. The molecule has 2 aliphatic rings. The number of ketones is 1. The lowest BCUT2D eigenvalue weighted by Crippen LogP contribution is -2.45. The normalized spacial score (nSPS) is 16.5. The van der Waals surface area contributed by atoms with Gasteiger partial charge in [-0.3, -0.25) is 9.59 Å². The van der Waals surface area contributed by atoms with Gasteiger partial charge in [0, 0.05) is 43.4 Å². The molecule has 2 fully saturated rings. The molecule has 1 aromatic heterocycles. The molecule has 6 nitrogen and oxygen atoms in total. The Kier molecular flexibility index (Phi) is 6.86. The number of benzene rings is 2. The van der Waals surface area contributed by atoms with Crippen LogP contribution in [0.4, 0.5) is 10.8 Å². The highest BCUT2D eigenvalue weighted by molar-refractivity contribution is 7.14. The third kappa shape index (κ3) is 5.90. The van der Waals surface area contributed by atoms with E-state index in [0.29, 0.717) is 23.2 Å². The molecule has 5 rings (SSSR count). The first-order chi connectivity index (χ1) is 16.9. The first-order valence-electron chi connectivity index (χ1n) is 12.3. The van der Waals surface area contributed by atoms with Crippen LogP contribution in [0.25, 0.3) is 0 Å². The molecule has 0 radical (unpaired) electrons. The van der Waals surface area contributed by atoms with Crippen molar-refractivity contribution in [2.24, 2.45) is 5.92 Å². The summed E-state index contributed by atoms with van der Waals surface area (Å²) >= 11 is 1.27. The minimum absolute atomic E-state index is 0.00646. The quantitative estimate of drug-likeness (QED) is 0.361. The second-order valence-corrected chi connectivity index (χ2v) is 10.6. The number of carbonyl (C=O) groups excluding carboxylic acids is 2. The molecule has 1 N–H and O–H groups in total. The first-order valence-corrected chi connectivity index (χ1v) is 13.2. The van der Waals surface area contributed by atoms with Gasteiger partial charge in [-0.15, -0.1) is 11.3 Å². The Hall–Kier alpha value is -3.19. The average molecular weight is 490 g/mol. The summed E-state index contributed by atoms with van der Waals surface area (Å²) in [6.07, 6.45) is 3.00. The van der Waals surface area contributed by atoms with E-state index in [1.807, 2.05) is 0 Å². The van der Waals surface area contributed by atoms with Crippen LogP contribution in [0, 0.1) is 5.92 Å². The monoisotopic (exact) mass is 489 g/mol. The Morgan fingerprint density at radius 2 is 1.83 bits per heavy atom. The summed E-state index contributed by atoms with van der Waals surface area (Å²) in [4.78, 5) is 30.4. The molecule has 0 unspecified atom stereocenters. The predicted octanol–water partition coefficient (Wildman–Crippen LogP) is 5.87. The van der Waals surface area contributed by atoms with Crippen LogP contribution in [0.3, 0.4) is 0 Å². The Bertz CT molecular complexity index is 1180. The van der Waals surface area contributed by atoms with Gasteiger partial charge in [-0.1, -0.05) is 31.2 Å². The minimum Gasteiger partial charge on any atom is -0.493 e. The lowest BCUT2D eigenvalue weighted by Gasteiger charge is -2.41. The summed E-state index contributed by atoms with van der Waals surface area (Å²) in [6.45, 7) is 6.36. The van der Waals surface area contributed by atoms with Crippen molar-refractivity contribution >= 4 is 33.8 Å². The van der Waals surface area contributed by atoms with Crippen molar-refractivity contribution in [3.63, 3.8) is 0 Å². The maximum absolute atomic E-state index is 12.6. The highest BCUT2D eigenvalue weighted by Crippen LogP contribution is 2.34. The largest absolute Gasteiger partial charge is 0.493 e. The van der Waals surface area contributed by atoms with Gasteiger partial charge in [-0.25, -0.2) is 4.98 Å². The van der Waals surface area contributed by atoms with Gasteiger partial charge >= 0.3 is 0 Å². The van der Waals surface area contributed by atoms with Crippen LogP contribution in [0.1, 0.15) is 66.6 Å². The Morgan fingerprint density at radius 1 is 1.11 bits per heavy atom. The molecule has 0 spiro atoms. The molecule has 2 aromatic carbocycles. The van der Waals surface area contributed by atoms with Gasteiger partial charge in [0.25, 0.3) is 0 Å². The molecule has 1 saturated carbocycles. The van der Waals surface area contributed by atoms with Crippen molar-refractivity contribution in [2.45, 2.75) is 44.9 Å². The lowest BCUT2D eigenvalue weighted by atomic mass is 9.88. The number of thiazole rings is 1. The van der Waals surface area contributed by atoms with Gasteiger partial charge in [0.05, 0.1) is 6.61 Å². The number of amides is 1. The number of nitrogens with one attached hydrogen (secondary N) is 1. The fourth-order valence-corrected chi connectivity index (χ4v) is 5.12. The van der Waals surface area contributed by atoms with Crippen LogP contribution in [0.5, 0.6) is 5.75 Å². The van der Waals surface area contributed by atoms with Crippen LogP contribution < -0.4 is 15.0 Å². The maximum Gasteiger partial charge on any atom is 0.223 e. The summed E-state index contributed by atoms with van der Waals surface area (Å²) in [5, 5.41) is 4.80. The number of nitrogens with zero attached hydrogens (tertiary/aromatic N) is 2. The number of rotatable bonds is 10. The Labute approximate surface area is 210 Å². The van der Waals surface area contributed by atoms with Crippen LogP contribution in [0.15, 0.2) is 53.9 Å². The number of ether oxygens (including phenoxy) is 1. The number of Topliss-reactive ketones (excluding diaryl/α,β-unsaturated/α-hetero) is 1. The van der Waals surface area contributed by atoms with Crippen LogP contribution >= 0.6 is 11.3 Å². The van der Waals surface area contributed by atoms with Crippen molar-refractivity contribution in [1.82, 2.24) is 4.98 Å². The maximum atomic E-state index is 12.6. The zero-order valence-electron chi connectivity index (χ0n) is 20.2. The fraction of sp³-hybridized carbons (Fsp3) is 0.393. The molecular formula is C28H31N3O3S. The second-order valence-electron chi connectivity index (χ2n) is 9.76. The van der Waals surface area contributed by atoms with Gasteiger partial charge < -0.3 is 15.0 Å². The molecule has 1 aliphatic heterocycles. The molecule has 35 heavy (non-hydrogen) atoms. The molecule has 7 heteroatoms. The van der Waals surface area contributed by atoms with E-state index in [0.717, 1.165) is 36.9 Å². The molecule has 1 atom stereocenters. The summed E-state index contributed by atoms with van der Waals surface area (Å²) < 4.78 is 5.84. The van der Waals surface area contributed by atoms with E-state index < -0.39 is 0 Å². The van der Waals surface area contributed by atoms with Crippen LogP contribution in [-0.4, -0.2) is 36.4 Å². The number of hydrogen-bond donors (Lipinski definition) is 1. The second kappa shape index (κ2) is 10.2. The number of aromatic nitrogens is 1.